The predicted octanol–water partition coefficient (Wildman–Crippen LogP) is 3.93. The van der Waals surface area contributed by atoms with Crippen molar-refractivity contribution in [1.82, 2.24) is 30.3 Å². The molecule has 50 heavy (non-hydrogen) atoms. The largest absolute Gasteiger partial charge is 0.454 e. The number of aromatic nitrogens is 3. The number of sulfonamides is 1. The number of anilines is 3. The summed E-state index contributed by atoms with van der Waals surface area (Å²) in [5.74, 6) is -1.84. The molecule has 19 heteroatoms. The van der Waals surface area contributed by atoms with Gasteiger partial charge in [-0.3, -0.25) is 19.1 Å². The number of ether oxygens (including phenoxy) is 1. The third-order valence-electron chi connectivity index (χ3n) is 7.72. The Hall–Kier alpha value is -4.71. The molecule has 14 nitrogen and oxygen atoms in total. The maximum atomic E-state index is 12.9. The van der Waals surface area contributed by atoms with Crippen molar-refractivity contribution in [2.45, 2.75) is 68.5 Å². The molecule has 3 aromatic rings. The highest BCUT2D eigenvalue weighted by molar-refractivity contribution is 7.90. The second kappa shape index (κ2) is 15.0. The minimum atomic E-state index is -4.61. The van der Waals surface area contributed by atoms with E-state index in [1.807, 2.05) is 16.9 Å². The molecule has 2 aromatic carbocycles. The fourth-order valence-electron chi connectivity index (χ4n) is 4.73. The number of hydrogen-bond acceptors (Lipinski definition) is 11. The van der Waals surface area contributed by atoms with Crippen LogP contribution in [-0.2, 0) is 25.2 Å². The Morgan fingerprint density at radius 1 is 1.00 bits per heavy atom. The molecule has 268 valence electrons. The number of halogens is 4. The van der Waals surface area contributed by atoms with Gasteiger partial charge in [-0.05, 0) is 81.0 Å². The Morgan fingerprint density at radius 3 is 2.28 bits per heavy atom. The van der Waals surface area contributed by atoms with Crippen LogP contribution in [0.15, 0.2) is 48.5 Å². The van der Waals surface area contributed by atoms with E-state index in [2.05, 4.69) is 36.2 Å². The average molecular weight is 739 g/mol. The number of carbonyl (C=O) groups is 3. The summed E-state index contributed by atoms with van der Waals surface area (Å²) in [6.45, 7) is -0.0864. The zero-order valence-corrected chi connectivity index (χ0v) is 28.2. The van der Waals surface area contributed by atoms with Crippen molar-refractivity contribution in [1.29, 1.82) is 0 Å². The number of nitrogens with zero attached hydrogens (tertiary/aromatic N) is 3. The van der Waals surface area contributed by atoms with Gasteiger partial charge in [0.05, 0.1) is 10.8 Å². The zero-order chi connectivity index (χ0) is 36.1. The first-order valence-electron chi connectivity index (χ1n) is 15.6. The number of nitrogens with one attached hydrogen (secondary N) is 5. The number of alkyl halides is 3. The molecule has 3 amide bonds. The van der Waals surface area contributed by atoms with E-state index in [9.17, 15) is 36.0 Å². The monoisotopic (exact) mass is 738 g/mol. The number of amides is 3. The van der Waals surface area contributed by atoms with Gasteiger partial charge in [-0.25, -0.2) is 8.42 Å². The lowest BCUT2D eigenvalue weighted by atomic mass is 10.1. The molecule has 2 fully saturated rings. The highest BCUT2D eigenvalue weighted by atomic mass is 35.5. The van der Waals surface area contributed by atoms with Crippen LogP contribution < -0.4 is 30.7 Å². The highest BCUT2D eigenvalue weighted by Crippen LogP contribution is 2.48. The summed E-state index contributed by atoms with van der Waals surface area (Å²) in [6, 6.07) is 11.6. The van der Waals surface area contributed by atoms with Crippen LogP contribution in [0, 0.1) is 0 Å². The molecule has 1 atom stereocenters. The maximum absolute atomic E-state index is 12.9. The van der Waals surface area contributed by atoms with Crippen LogP contribution in [-0.4, -0.2) is 71.7 Å². The molecule has 0 unspecified atom stereocenters. The minimum Gasteiger partial charge on any atom is -0.454 e. The van der Waals surface area contributed by atoms with Crippen LogP contribution in [0.25, 0.3) is 0 Å². The van der Waals surface area contributed by atoms with Gasteiger partial charge < -0.3 is 26.0 Å². The summed E-state index contributed by atoms with van der Waals surface area (Å²) in [6.07, 6.45) is -1.94. The molecule has 0 spiro atoms. The Kier molecular flexibility index (Phi) is 11.0. The van der Waals surface area contributed by atoms with Gasteiger partial charge in [0.2, 0.25) is 27.8 Å². The Balaban J connectivity index is 1.13. The van der Waals surface area contributed by atoms with Crippen molar-refractivity contribution in [2.75, 3.05) is 23.8 Å². The minimum absolute atomic E-state index is 0.00366. The first-order chi connectivity index (χ1) is 23.6. The number of carbonyl (C=O) groups excluding carboxylic acids is 3. The number of benzene rings is 2. The normalized spacial score (nSPS) is 15.7. The molecule has 0 aliphatic heterocycles. The van der Waals surface area contributed by atoms with Crippen LogP contribution >= 0.6 is 11.6 Å². The maximum Gasteiger partial charge on any atom is 0.422 e. The van der Waals surface area contributed by atoms with Crippen molar-refractivity contribution in [3.8, 4) is 6.01 Å². The SMILES string of the molecule is C[C@H](NC(=O)CCCNC(=O)c1ccc(Nc2nc(NC3(c4ccc(Cl)cc4)CC3)nc(OCC(F)(F)F)n2)cc1)C(=O)NS(=O)(=O)C1CC1. The van der Waals surface area contributed by atoms with Crippen molar-refractivity contribution in [3.63, 3.8) is 0 Å². The quantitative estimate of drug-likeness (QED) is 0.134. The summed E-state index contributed by atoms with van der Waals surface area (Å²) in [5.41, 5.74) is 1.08. The van der Waals surface area contributed by atoms with Crippen LogP contribution in [0.2, 0.25) is 5.02 Å². The average Bonchev–Trinajstić information content (AvgIpc) is 3.98. The van der Waals surface area contributed by atoms with Gasteiger partial charge in [-0.15, -0.1) is 0 Å². The highest BCUT2D eigenvalue weighted by Gasteiger charge is 2.45. The standard InChI is InChI=1S/C31H34ClF3N8O6S/c1-18(25(45)43-50(47,48)23-12-13-23)37-24(44)3-2-16-36-26(46)19-4-10-22(11-5-19)38-27-39-28(41-29(40-27)49-17-31(33,34)35)42-30(14-15-30)20-6-8-21(32)9-7-20/h4-11,18,23H,2-3,12-17H2,1H3,(H,36,46)(H,37,44)(H,43,45)(H2,38,39,40,41,42)/t18-/m0/s1. The molecule has 5 rings (SSSR count). The molecule has 5 N–H and O–H groups in total. The summed E-state index contributed by atoms with van der Waals surface area (Å²) in [7, 11) is -3.72. The van der Waals surface area contributed by atoms with Gasteiger partial charge in [0.15, 0.2) is 6.61 Å². The summed E-state index contributed by atoms with van der Waals surface area (Å²) in [5, 5.41) is 11.2. The molecular formula is C31H34ClF3N8O6S. The van der Waals surface area contributed by atoms with E-state index < -0.39 is 63.4 Å². The van der Waals surface area contributed by atoms with Gasteiger partial charge in [-0.1, -0.05) is 23.7 Å². The first kappa shape index (κ1) is 36.6. The first-order valence-corrected chi connectivity index (χ1v) is 17.5. The molecule has 0 bridgehead atoms. The Bertz CT molecular complexity index is 1820. The fraction of sp³-hybridized carbons (Fsp3) is 0.419. The number of rotatable bonds is 16. The Labute approximate surface area is 290 Å². The Morgan fingerprint density at radius 2 is 1.66 bits per heavy atom. The molecule has 2 aliphatic rings. The topological polar surface area (TPSA) is 193 Å². The molecule has 0 saturated heterocycles. The van der Waals surface area contributed by atoms with E-state index in [0.29, 0.717) is 23.6 Å². The van der Waals surface area contributed by atoms with Crippen molar-refractivity contribution >= 4 is 56.9 Å². The fourth-order valence-corrected chi connectivity index (χ4v) is 6.24. The molecule has 2 aliphatic carbocycles. The van der Waals surface area contributed by atoms with Crippen LogP contribution in [0.5, 0.6) is 6.01 Å². The number of hydrogen-bond donors (Lipinski definition) is 5. The third-order valence-corrected chi connectivity index (χ3v) is 9.81. The summed E-state index contributed by atoms with van der Waals surface area (Å²) >= 11 is 6.01. The van der Waals surface area contributed by atoms with E-state index in [1.54, 1.807) is 24.3 Å². The molecular weight excluding hydrogens is 705 g/mol. The third kappa shape index (κ3) is 10.4. The van der Waals surface area contributed by atoms with Crippen LogP contribution in [0.4, 0.5) is 30.8 Å². The summed E-state index contributed by atoms with van der Waals surface area (Å²) < 4.78 is 69.3. The van der Waals surface area contributed by atoms with E-state index in [0.717, 1.165) is 18.4 Å². The lowest BCUT2D eigenvalue weighted by molar-refractivity contribution is -0.154. The molecule has 1 heterocycles. The van der Waals surface area contributed by atoms with E-state index >= 15 is 0 Å². The molecule has 1 aromatic heterocycles. The van der Waals surface area contributed by atoms with Crippen molar-refractivity contribution in [2.24, 2.45) is 0 Å². The second-order valence-corrected chi connectivity index (χ2v) is 14.3. The zero-order valence-electron chi connectivity index (χ0n) is 26.6. The van der Waals surface area contributed by atoms with Gasteiger partial charge in [-0.2, -0.15) is 28.1 Å². The summed E-state index contributed by atoms with van der Waals surface area (Å²) in [4.78, 5) is 49.3. The second-order valence-electron chi connectivity index (χ2n) is 11.9. The molecule has 2 saturated carbocycles. The van der Waals surface area contributed by atoms with Gasteiger partial charge in [0.25, 0.3) is 11.8 Å². The van der Waals surface area contributed by atoms with Gasteiger partial charge in [0.1, 0.15) is 6.04 Å². The predicted molar refractivity (Wildman–Crippen MR) is 176 cm³/mol. The van der Waals surface area contributed by atoms with E-state index in [4.69, 9.17) is 16.3 Å². The van der Waals surface area contributed by atoms with E-state index in [1.165, 1.54) is 19.1 Å². The lowest BCUT2D eigenvalue weighted by Crippen LogP contribution is -2.47. The van der Waals surface area contributed by atoms with Crippen molar-refractivity contribution in [3.05, 3.63) is 64.7 Å². The van der Waals surface area contributed by atoms with Crippen LogP contribution in [0.1, 0.15) is 61.4 Å². The lowest BCUT2D eigenvalue weighted by Gasteiger charge is -2.19. The van der Waals surface area contributed by atoms with Crippen LogP contribution in [0.3, 0.4) is 0 Å². The van der Waals surface area contributed by atoms with Crippen molar-refractivity contribution < 1.29 is 40.7 Å². The smallest absolute Gasteiger partial charge is 0.422 e. The van der Waals surface area contributed by atoms with Gasteiger partial charge >= 0.3 is 12.2 Å². The van der Waals surface area contributed by atoms with Gasteiger partial charge in [0, 0.05) is 29.2 Å². The van der Waals surface area contributed by atoms with E-state index in [-0.39, 0.29) is 36.8 Å². The molecule has 0 radical (unpaired) electrons.